The van der Waals surface area contributed by atoms with Gasteiger partial charge in [0, 0.05) is 18.5 Å². The van der Waals surface area contributed by atoms with E-state index in [2.05, 4.69) is 18.3 Å². The zero-order chi connectivity index (χ0) is 11.3. The number of carbonyl (C=O) groups excluding carboxylic acids is 1. The van der Waals surface area contributed by atoms with Crippen LogP contribution in [0.15, 0.2) is 17.5 Å². The molecule has 0 unspecified atom stereocenters. The van der Waals surface area contributed by atoms with Gasteiger partial charge >= 0.3 is 0 Å². The van der Waals surface area contributed by atoms with E-state index < -0.39 is 0 Å². The molecule has 5 heteroatoms. The Balaban J connectivity index is 2.32. The number of likely N-dealkylation sites (N-methyl/N-ethyl adjacent to an activating group) is 1. The Morgan fingerprint density at radius 2 is 2.40 bits per heavy atom. The summed E-state index contributed by atoms with van der Waals surface area (Å²) in [6.07, 6.45) is 1.05. The van der Waals surface area contributed by atoms with Crippen LogP contribution < -0.4 is 5.73 Å². The molecule has 0 aliphatic carbocycles. The summed E-state index contributed by atoms with van der Waals surface area (Å²) in [5, 5.41) is 2.03. The number of thiocarbonyl (C=S) groups is 1. The molecule has 82 valence electrons. The number of nitrogens with zero attached hydrogens (tertiary/aromatic N) is 1. The third-order valence-electron chi connectivity index (χ3n) is 2.02. The fraction of sp³-hybridized carbons (Fsp3) is 0.400. The number of carbonyl (C=O) groups is 1. The van der Waals surface area contributed by atoms with E-state index in [0.29, 0.717) is 6.54 Å². The third-order valence-corrected chi connectivity index (χ3v) is 3.11. The average molecular weight is 242 g/mol. The van der Waals surface area contributed by atoms with E-state index >= 15 is 0 Å². The zero-order valence-corrected chi connectivity index (χ0v) is 10.2. The van der Waals surface area contributed by atoms with E-state index in [1.807, 2.05) is 11.4 Å². The lowest BCUT2D eigenvalue weighted by Gasteiger charge is -2.16. The molecule has 0 atom stereocenters. The van der Waals surface area contributed by atoms with Crippen molar-refractivity contribution in [1.29, 1.82) is 0 Å². The van der Waals surface area contributed by atoms with E-state index in [1.54, 1.807) is 23.3 Å². The molecule has 15 heavy (non-hydrogen) atoms. The molecule has 0 aliphatic heterocycles. The maximum Gasteiger partial charge on any atom is 0.229 e. The molecule has 1 amide bonds. The first-order valence-corrected chi connectivity index (χ1v) is 5.93. The summed E-state index contributed by atoms with van der Waals surface area (Å²) in [7, 11) is 1.77. The Morgan fingerprint density at radius 1 is 1.67 bits per heavy atom. The maximum atomic E-state index is 11.5. The summed E-state index contributed by atoms with van der Waals surface area (Å²) in [4.78, 5) is 14.7. The van der Waals surface area contributed by atoms with Gasteiger partial charge in [-0.2, -0.15) is 0 Å². The second-order valence-corrected chi connectivity index (χ2v) is 4.84. The van der Waals surface area contributed by atoms with Gasteiger partial charge in [0.25, 0.3) is 0 Å². The van der Waals surface area contributed by atoms with Crippen molar-refractivity contribution in [1.82, 2.24) is 4.90 Å². The lowest BCUT2D eigenvalue weighted by molar-refractivity contribution is -0.128. The molecule has 0 bridgehead atoms. The molecular weight excluding hydrogens is 228 g/mol. The number of nitrogens with two attached hydrogens (primary N) is 1. The second kappa shape index (κ2) is 5.82. The van der Waals surface area contributed by atoms with Crippen LogP contribution in [0.25, 0.3) is 0 Å². The molecule has 3 nitrogen and oxygen atoms in total. The number of amides is 1. The van der Waals surface area contributed by atoms with Gasteiger partial charge in [0.2, 0.25) is 5.91 Å². The molecule has 0 aromatic carbocycles. The van der Waals surface area contributed by atoms with Gasteiger partial charge in [-0.1, -0.05) is 18.3 Å². The fourth-order valence-electron chi connectivity index (χ4n) is 1.14. The van der Waals surface area contributed by atoms with Crippen molar-refractivity contribution in [3.05, 3.63) is 22.4 Å². The van der Waals surface area contributed by atoms with E-state index in [4.69, 9.17) is 5.73 Å². The normalized spacial score (nSPS) is 9.93. The van der Waals surface area contributed by atoms with Gasteiger partial charge in [0.15, 0.2) is 0 Å². The van der Waals surface area contributed by atoms with E-state index in [1.165, 1.54) is 4.88 Å². The minimum absolute atomic E-state index is 0.0148. The summed E-state index contributed by atoms with van der Waals surface area (Å²) >= 11 is 6.39. The van der Waals surface area contributed by atoms with Gasteiger partial charge < -0.3 is 10.6 Å². The highest BCUT2D eigenvalue weighted by Gasteiger charge is 2.09. The van der Waals surface area contributed by atoms with Gasteiger partial charge in [-0.25, -0.2) is 0 Å². The first-order chi connectivity index (χ1) is 7.09. The topological polar surface area (TPSA) is 46.3 Å². The minimum Gasteiger partial charge on any atom is -0.393 e. The first kappa shape index (κ1) is 12.1. The van der Waals surface area contributed by atoms with E-state index in [-0.39, 0.29) is 17.3 Å². The monoisotopic (exact) mass is 242 g/mol. The number of hydrogen-bond acceptors (Lipinski definition) is 3. The number of rotatable bonds is 5. The molecule has 2 N–H and O–H groups in total. The standard InChI is InChI=1S/C10H14N2OS2/c1-12(10(13)7-9(11)14)5-4-8-3-2-6-15-8/h2-3,6H,4-5,7H2,1H3,(H2,11,14). The molecule has 1 rings (SSSR count). The van der Waals surface area contributed by atoms with E-state index in [9.17, 15) is 4.79 Å². The van der Waals surface area contributed by atoms with Gasteiger partial charge in [-0.15, -0.1) is 11.3 Å². The molecule has 0 fully saturated rings. The molecule has 0 saturated carbocycles. The van der Waals surface area contributed by atoms with Crippen LogP contribution in [0.5, 0.6) is 0 Å². The lowest BCUT2D eigenvalue weighted by Crippen LogP contribution is -2.31. The smallest absolute Gasteiger partial charge is 0.229 e. The van der Waals surface area contributed by atoms with Crippen LogP contribution in [-0.2, 0) is 11.2 Å². The van der Waals surface area contributed by atoms with Crippen LogP contribution in [0, 0.1) is 0 Å². The van der Waals surface area contributed by atoms with Crippen molar-refractivity contribution >= 4 is 34.5 Å². The van der Waals surface area contributed by atoms with Crippen LogP contribution in [0.4, 0.5) is 0 Å². The summed E-state index contributed by atoms with van der Waals surface area (Å²) in [5.41, 5.74) is 5.31. The molecule has 0 saturated heterocycles. The van der Waals surface area contributed by atoms with Gasteiger partial charge in [-0.3, -0.25) is 4.79 Å². The van der Waals surface area contributed by atoms with Crippen LogP contribution in [0.2, 0.25) is 0 Å². The predicted octanol–water partition coefficient (Wildman–Crippen LogP) is 1.43. The number of thiophene rings is 1. The Morgan fingerprint density at radius 3 is 2.93 bits per heavy atom. The van der Waals surface area contributed by atoms with E-state index in [0.717, 1.165) is 6.42 Å². The van der Waals surface area contributed by atoms with Crippen molar-refractivity contribution in [2.75, 3.05) is 13.6 Å². The molecule has 0 aliphatic rings. The predicted molar refractivity (Wildman–Crippen MR) is 67.1 cm³/mol. The van der Waals surface area contributed by atoms with Crippen molar-refractivity contribution in [3.8, 4) is 0 Å². The Kier molecular flexibility index (Phi) is 4.71. The van der Waals surface area contributed by atoms with Crippen LogP contribution in [-0.4, -0.2) is 29.4 Å². The van der Waals surface area contributed by atoms with Crippen molar-refractivity contribution in [2.24, 2.45) is 5.73 Å². The molecule has 1 heterocycles. The molecule has 1 aromatic heterocycles. The van der Waals surface area contributed by atoms with Crippen molar-refractivity contribution in [3.63, 3.8) is 0 Å². The Hall–Kier alpha value is -0.940. The lowest BCUT2D eigenvalue weighted by atomic mass is 10.3. The highest BCUT2D eigenvalue weighted by Crippen LogP contribution is 2.09. The first-order valence-electron chi connectivity index (χ1n) is 4.64. The van der Waals surface area contributed by atoms with Crippen LogP contribution in [0.1, 0.15) is 11.3 Å². The van der Waals surface area contributed by atoms with Crippen LogP contribution >= 0.6 is 23.6 Å². The van der Waals surface area contributed by atoms with Gasteiger partial charge in [-0.05, 0) is 17.9 Å². The highest BCUT2D eigenvalue weighted by atomic mass is 32.1. The number of hydrogen-bond donors (Lipinski definition) is 1. The second-order valence-electron chi connectivity index (χ2n) is 3.29. The Bertz CT molecular complexity index is 335. The van der Waals surface area contributed by atoms with Crippen molar-refractivity contribution in [2.45, 2.75) is 12.8 Å². The van der Waals surface area contributed by atoms with Gasteiger partial charge in [0.1, 0.15) is 0 Å². The summed E-state index contributed by atoms with van der Waals surface area (Å²) < 4.78 is 0. The quantitative estimate of drug-likeness (QED) is 0.794. The average Bonchev–Trinajstić information content (AvgIpc) is 2.65. The largest absolute Gasteiger partial charge is 0.393 e. The summed E-state index contributed by atoms with van der Waals surface area (Å²) in [5.74, 6) is -0.0148. The molecule has 1 aromatic rings. The maximum absolute atomic E-state index is 11.5. The highest BCUT2D eigenvalue weighted by molar-refractivity contribution is 7.80. The minimum atomic E-state index is -0.0148. The third kappa shape index (κ3) is 4.40. The molecular formula is C10H14N2OS2. The van der Waals surface area contributed by atoms with Gasteiger partial charge in [0.05, 0.1) is 11.4 Å². The summed E-state index contributed by atoms with van der Waals surface area (Å²) in [6.45, 7) is 0.710. The van der Waals surface area contributed by atoms with Crippen molar-refractivity contribution < 1.29 is 4.79 Å². The van der Waals surface area contributed by atoms with Crippen LogP contribution in [0.3, 0.4) is 0 Å². The zero-order valence-electron chi connectivity index (χ0n) is 8.60. The molecule has 0 spiro atoms. The fourth-order valence-corrected chi connectivity index (χ4v) is 1.96. The molecule has 0 radical (unpaired) electrons. The summed E-state index contributed by atoms with van der Waals surface area (Å²) in [6, 6.07) is 4.08. The Labute approximate surface area is 98.9 Å². The SMILES string of the molecule is CN(CCc1cccs1)C(=O)CC(N)=S.